The molecule has 5 heavy (non-hydrogen) atoms. The Kier molecular flexibility index (Phi) is 16.7. The second-order valence-corrected chi connectivity index (χ2v) is 1.22. The van der Waals surface area contributed by atoms with E-state index in [2.05, 4.69) is 0 Å². The second-order valence-electron chi connectivity index (χ2n) is 0.407. The normalized spacial score (nSPS) is 5.00. The molecule has 0 atom stereocenters. The Morgan fingerprint density at radius 3 is 2.00 bits per heavy atom. The molecule has 26 valence electrons. The van der Waals surface area contributed by atoms with E-state index in [0.717, 1.165) is 0 Å². The van der Waals surface area contributed by atoms with Gasteiger partial charge in [-0.25, -0.2) is 0 Å². The van der Waals surface area contributed by atoms with E-state index in [0.29, 0.717) is 17.4 Å². The van der Waals surface area contributed by atoms with Gasteiger partial charge in [-0.2, -0.15) is 0 Å². The van der Waals surface area contributed by atoms with E-state index < -0.39 is 0 Å². The van der Waals surface area contributed by atoms with E-state index in [-0.39, 0.29) is 29.6 Å². The molecule has 3 heteroatoms. The SMILES string of the molecule is CC[S+]=O.[NaH]. The van der Waals surface area contributed by atoms with Crippen molar-refractivity contribution >= 4 is 41.2 Å². The Labute approximate surface area is 57.9 Å². The van der Waals surface area contributed by atoms with Gasteiger partial charge in [-0.1, -0.05) is 0 Å². The van der Waals surface area contributed by atoms with Crippen LogP contribution < -0.4 is 0 Å². The third-order valence-corrected chi connectivity index (χ3v) is 0.354. The first-order valence-electron chi connectivity index (χ1n) is 1.16. The van der Waals surface area contributed by atoms with Crippen molar-refractivity contribution in [3.8, 4) is 0 Å². The molecule has 0 spiro atoms. The predicted octanol–water partition coefficient (Wildman–Crippen LogP) is -0.214. The van der Waals surface area contributed by atoms with Gasteiger partial charge >= 0.3 is 41.2 Å². The van der Waals surface area contributed by atoms with E-state index in [4.69, 9.17) is 0 Å². The summed E-state index contributed by atoms with van der Waals surface area (Å²) in [6.45, 7) is 1.83. The van der Waals surface area contributed by atoms with Crippen molar-refractivity contribution in [2.75, 3.05) is 5.75 Å². The van der Waals surface area contributed by atoms with Crippen LogP contribution in [0, 0.1) is 0 Å². The Morgan fingerprint density at radius 2 is 2.00 bits per heavy atom. The minimum absolute atomic E-state index is 0. The standard InChI is InChI=1S/C2H5OS.Na.H/c1-2-4-3;;/h2H2,1H3;;/q+1;;. The van der Waals surface area contributed by atoms with Crippen LogP contribution in [0.3, 0.4) is 0 Å². The summed E-state index contributed by atoms with van der Waals surface area (Å²) < 4.78 is 9.22. The first kappa shape index (κ1) is 9.39. The first-order chi connectivity index (χ1) is 1.91. The van der Waals surface area contributed by atoms with Crippen LogP contribution in [0.5, 0.6) is 0 Å². The van der Waals surface area contributed by atoms with E-state index in [1.54, 1.807) is 0 Å². The van der Waals surface area contributed by atoms with Crippen LogP contribution in [0.2, 0.25) is 0 Å². The number of hydrogen-bond donors (Lipinski definition) is 0. The summed E-state index contributed by atoms with van der Waals surface area (Å²) in [6, 6.07) is 0. The Hall–Kier alpha value is 1.02. The topological polar surface area (TPSA) is 17.1 Å². The monoisotopic (exact) mass is 101 g/mol. The van der Waals surface area contributed by atoms with Crippen molar-refractivity contribution in [2.45, 2.75) is 6.92 Å². The maximum absolute atomic E-state index is 9.22. The van der Waals surface area contributed by atoms with Crippen LogP contribution in [0.25, 0.3) is 0 Å². The van der Waals surface area contributed by atoms with Gasteiger partial charge in [0, 0.05) is 4.21 Å². The molecule has 0 fully saturated rings. The average molecular weight is 101 g/mol. The van der Waals surface area contributed by atoms with Gasteiger partial charge in [0.05, 0.1) is 0 Å². The molecule has 0 radical (unpaired) electrons. The van der Waals surface area contributed by atoms with E-state index >= 15 is 0 Å². The fourth-order valence-corrected chi connectivity index (χ4v) is 0. The molecule has 0 unspecified atom stereocenters. The Bertz CT molecular complexity index is 23.6. The zero-order chi connectivity index (χ0) is 3.41. The molecule has 0 saturated heterocycles. The molecular weight excluding hydrogens is 95.1 g/mol. The van der Waals surface area contributed by atoms with Crippen LogP contribution in [0.1, 0.15) is 6.92 Å². The van der Waals surface area contributed by atoms with Crippen molar-refractivity contribution in [1.82, 2.24) is 0 Å². The molecule has 0 rings (SSSR count). The van der Waals surface area contributed by atoms with Gasteiger partial charge < -0.3 is 0 Å². The number of hydrogen-bond acceptors (Lipinski definition) is 1. The Morgan fingerprint density at radius 1 is 1.80 bits per heavy atom. The van der Waals surface area contributed by atoms with Gasteiger partial charge in [-0.05, 0) is 6.92 Å². The maximum atomic E-state index is 9.22. The van der Waals surface area contributed by atoms with Crippen LogP contribution in [-0.4, -0.2) is 35.3 Å². The minimum atomic E-state index is 0. The summed E-state index contributed by atoms with van der Waals surface area (Å²) >= 11 is 0.606. The second kappa shape index (κ2) is 8.89. The van der Waals surface area contributed by atoms with Gasteiger partial charge in [0.2, 0.25) is 5.75 Å². The Balaban J connectivity index is 0. The molecule has 0 aromatic rings. The van der Waals surface area contributed by atoms with Crippen LogP contribution in [-0.2, 0) is 15.9 Å². The summed E-state index contributed by atoms with van der Waals surface area (Å²) in [5, 5.41) is 0. The molecular formula is C2H6NaOS+. The molecule has 0 aliphatic heterocycles. The summed E-state index contributed by atoms with van der Waals surface area (Å²) in [6.07, 6.45) is 0. The van der Waals surface area contributed by atoms with E-state index in [1.165, 1.54) is 0 Å². The van der Waals surface area contributed by atoms with Crippen LogP contribution >= 0.6 is 0 Å². The third-order valence-electron chi connectivity index (χ3n) is 0.118. The van der Waals surface area contributed by atoms with Gasteiger partial charge in [0.1, 0.15) is 0 Å². The molecule has 0 aromatic carbocycles. The quantitative estimate of drug-likeness (QED) is 0.330. The zero-order valence-corrected chi connectivity index (χ0v) is 3.34. The third kappa shape index (κ3) is 11.2. The zero-order valence-electron chi connectivity index (χ0n) is 2.52. The van der Waals surface area contributed by atoms with Gasteiger partial charge in [0.25, 0.3) is 0 Å². The fourth-order valence-electron chi connectivity index (χ4n) is 0. The summed E-state index contributed by atoms with van der Waals surface area (Å²) in [5.74, 6) is 0.681. The van der Waals surface area contributed by atoms with Crippen LogP contribution in [0.4, 0.5) is 0 Å². The summed E-state index contributed by atoms with van der Waals surface area (Å²) in [5.41, 5.74) is 0. The van der Waals surface area contributed by atoms with Gasteiger partial charge in [-0.3, -0.25) is 0 Å². The molecule has 0 aliphatic rings. The molecule has 0 aromatic heterocycles. The first-order valence-corrected chi connectivity index (χ1v) is 2.07. The predicted molar refractivity (Wildman–Crippen MR) is 25.7 cm³/mol. The summed E-state index contributed by atoms with van der Waals surface area (Å²) in [7, 11) is 0. The van der Waals surface area contributed by atoms with Crippen molar-refractivity contribution in [3.05, 3.63) is 0 Å². The van der Waals surface area contributed by atoms with E-state index in [1.807, 2.05) is 6.92 Å². The van der Waals surface area contributed by atoms with E-state index in [9.17, 15) is 4.21 Å². The number of rotatable bonds is 1. The van der Waals surface area contributed by atoms with Crippen LogP contribution in [0.15, 0.2) is 0 Å². The molecule has 0 bridgehead atoms. The van der Waals surface area contributed by atoms with Crippen molar-refractivity contribution in [1.29, 1.82) is 0 Å². The van der Waals surface area contributed by atoms with Crippen molar-refractivity contribution in [3.63, 3.8) is 0 Å². The van der Waals surface area contributed by atoms with Gasteiger partial charge in [0.15, 0.2) is 0 Å². The summed E-state index contributed by atoms with van der Waals surface area (Å²) in [4.78, 5) is 0. The molecule has 0 saturated carbocycles. The molecule has 0 amide bonds. The average Bonchev–Trinajstić information content (AvgIpc) is 1.37. The molecule has 1 nitrogen and oxygen atoms in total. The van der Waals surface area contributed by atoms with Gasteiger partial charge in [-0.15, -0.1) is 0 Å². The molecule has 0 N–H and O–H groups in total. The van der Waals surface area contributed by atoms with Crippen molar-refractivity contribution in [2.24, 2.45) is 0 Å². The molecule has 0 heterocycles. The fraction of sp³-hybridized carbons (Fsp3) is 1.00. The van der Waals surface area contributed by atoms with Crippen molar-refractivity contribution < 1.29 is 4.21 Å². The molecule has 0 aliphatic carbocycles.